The molecule has 9 heteroatoms. The van der Waals surface area contributed by atoms with E-state index in [2.05, 4.69) is 15.3 Å². The van der Waals surface area contributed by atoms with Crippen LogP contribution < -0.4 is 15.5 Å². The van der Waals surface area contributed by atoms with Crippen LogP contribution in [0.15, 0.2) is 18.6 Å². The standard InChI is InChI=1S/C6H6N2O2.C5H9NO3.Mn/c9-6(10)2-1-5-3-7-4-8-5;7-3-1-2-6-4(3)5(8)9;/h1-4H,(H,7,8)(H,9,10);3-4,6-7H,1-2H2,(H,8,9);/q;;+2/p-2/t;3?,4-;/m.0./s1. The first-order valence-electron chi connectivity index (χ1n) is 5.51. The molecule has 3 N–H and O–H groups in total. The Labute approximate surface area is 125 Å². The SMILES string of the molecule is O=C([O-])C=Cc1c[nH]cn1.O=C([O-])[C@H]1NCCC1O.[Mn+2]. The number of hydrogen-bond donors (Lipinski definition) is 3. The second-order valence-electron chi connectivity index (χ2n) is 3.75. The molecule has 8 nitrogen and oxygen atoms in total. The molecule has 0 bridgehead atoms. The van der Waals surface area contributed by atoms with Crippen molar-refractivity contribution in [3.63, 3.8) is 0 Å². The van der Waals surface area contributed by atoms with Crippen molar-refractivity contribution >= 4 is 18.0 Å². The van der Waals surface area contributed by atoms with E-state index in [0.717, 1.165) is 6.08 Å². The number of H-pyrrole nitrogens is 1. The Morgan fingerprint density at radius 1 is 1.45 bits per heavy atom. The number of aromatic amines is 1. The third kappa shape index (κ3) is 6.48. The van der Waals surface area contributed by atoms with Crippen LogP contribution in [0, 0.1) is 0 Å². The van der Waals surface area contributed by atoms with Crippen LogP contribution in [-0.4, -0.2) is 45.7 Å². The van der Waals surface area contributed by atoms with Crippen LogP contribution in [0.1, 0.15) is 12.1 Å². The van der Waals surface area contributed by atoms with Gasteiger partial charge in [0.2, 0.25) is 0 Å². The summed E-state index contributed by atoms with van der Waals surface area (Å²) in [6.07, 6.45) is 5.06. The molecular formula is C11H13MnN3O5. The molecule has 2 heterocycles. The molecule has 1 aliphatic rings. The van der Waals surface area contributed by atoms with Crippen molar-refractivity contribution in [3.8, 4) is 0 Å². The number of aromatic nitrogens is 2. The van der Waals surface area contributed by atoms with Crippen LogP contribution in [0.3, 0.4) is 0 Å². The van der Waals surface area contributed by atoms with Crippen molar-refractivity contribution in [2.75, 3.05) is 6.54 Å². The van der Waals surface area contributed by atoms with Crippen molar-refractivity contribution in [2.24, 2.45) is 0 Å². The van der Waals surface area contributed by atoms with Crippen molar-refractivity contribution in [1.29, 1.82) is 0 Å². The average Bonchev–Trinajstić information content (AvgIpc) is 2.97. The number of carbonyl (C=O) groups excluding carboxylic acids is 2. The van der Waals surface area contributed by atoms with Crippen molar-refractivity contribution in [2.45, 2.75) is 18.6 Å². The maximum absolute atomic E-state index is 10.1. The number of carboxylic acid groups (broad SMARTS) is 2. The summed E-state index contributed by atoms with van der Waals surface area (Å²) >= 11 is 0. The molecule has 1 aromatic rings. The molecule has 0 amide bonds. The zero-order valence-electron chi connectivity index (χ0n) is 10.3. The second kappa shape index (κ2) is 9.27. The number of hydrogen-bond acceptors (Lipinski definition) is 7. The molecule has 0 saturated carbocycles. The molecule has 20 heavy (non-hydrogen) atoms. The number of carbonyl (C=O) groups is 2. The summed E-state index contributed by atoms with van der Waals surface area (Å²) in [7, 11) is 0. The summed E-state index contributed by atoms with van der Waals surface area (Å²) in [6, 6.07) is -0.856. The van der Waals surface area contributed by atoms with E-state index >= 15 is 0 Å². The monoisotopic (exact) mass is 322 g/mol. The molecule has 1 aliphatic heterocycles. The Bertz CT molecular complexity index is 449. The summed E-state index contributed by atoms with van der Waals surface area (Å²) in [5, 5.41) is 31.4. The normalized spacial score (nSPS) is 20.9. The van der Waals surface area contributed by atoms with Crippen molar-refractivity contribution in [1.82, 2.24) is 15.3 Å². The van der Waals surface area contributed by atoms with E-state index in [0.29, 0.717) is 18.7 Å². The van der Waals surface area contributed by atoms with Crippen LogP contribution >= 0.6 is 0 Å². The minimum Gasteiger partial charge on any atom is -0.548 e. The van der Waals surface area contributed by atoms with Gasteiger partial charge < -0.3 is 35.2 Å². The van der Waals surface area contributed by atoms with E-state index < -0.39 is 24.1 Å². The minimum atomic E-state index is -1.22. The number of nitrogens with one attached hydrogen (secondary N) is 2. The average molecular weight is 322 g/mol. The number of aliphatic hydroxyl groups excluding tert-OH is 1. The van der Waals surface area contributed by atoms with Gasteiger partial charge in [-0.1, -0.05) is 0 Å². The minimum absolute atomic E-state index is 0. The summed E-state index contributed by atoms with van der Waals surface area (Å²) in [6.45, 7) is 0.555. The molecule has 0 aliphatic carbocycles. The van der Waals surface area contributed by atoms with E-state index in [-0.39, 0.29) is 17.1 Å². The number of aliphatic hydroxyl groups is 1. The van der Waals surface area contributed by atoms with Gasteiger partial charge in [-0.2, -0.15) is 0 Å². The number of aliphatic carboxylic acids is 2. The predicted molar refractivity (Wildman–Crippen MR) is 60.1 cm³/mol. The van der Waals surface area contributed by atoms with Gasteiger partial charge in [0.25, 0.3) is 0 Å². The molecule has 1 saturated heterocycles. The Morgan fingerprint density at radius 3 is 2.50 bits per heavy atom. The Balaban J connectivity index is 0.000000345. The third-order valence-electron chi connectivity index (χ3n) is 2.35. The first-order chi connectivity index (χ1) is 9.00. The van der Waals surface area contributed by atoms with Gasteiger partial charge in [-0.3, -0.25) is 0 Å². The second-order valence-corrected chi connectivity index (χ2v) is 3.75. The van der Waals surface area contributed by atoms with Gasteiger partial charge in [0.1, 0.15) is 0 Å². The van der Waals surface area contributed by atoms with E-state index in [1.807, 2.05) is 0 Å². The summed E-state index contributed by atoms with van der Waals surface area (Å²) in [4.78, 5) is 26.4. The molecule has 109 valence electrons. The molecule has 1 radical (unpaired) electrons. The molecule has 1 unspecified atom stereocenters. The van der Waals surface area contributed by atoms with E-state index in [9.17, 15) is 19.8 Å². The van der Waals surface area contributed by atoms with Crippen LogP contribution in [0.5, 0.6) is 0 Å². The number of nitrogens with zero attached hydrogens (tertiary/aromatic N) is 1. The molecule has 1 aromatic heterocycles. The van der Waals surface area contributed by atoms with Gasteiger partial charge in [0, 0.05) is 6.20 Å². The van der Waals surface area contributed by atoms with Crippen LogP contribution in [-0.2, 0) is 26.7 Å². The van der Waals surface area contributed by atoms with Gasteiger partial charge >= 0.3 is 17.1 Å². The maximum atomic E-state index is 10.1. The van der Waals surface area contributed by atoms with Gasteiger partial charge in [-0.25, -0.2) is 4.98 Å². The summed E-state index contributed by atoms with van der Waals surface area (Å²) in [5.74, 6) is -2.44. The van der Waals surface area contributed by atoms with Gasteiger partial charge in [-0.15, -0.1) is 0 Å². The maximum Gasteiger partial charge on any atom is 2.00 e. The Morgan fingerprint density at radius 2 is 2.15 bits per heavy atom. The fourth-order valence-corrected chi connectivity index (χ4v) is 1.45. The van der Waals surface area contributed by atoms with Crippen molar-refractivity contribution in [3.05, 3.63) is 24.3 Å². The van der Waals surface area contributed by atoms with Crippen LogP contribution in [0.25, 0.3) is 6.08 Å². The molecule has 2 rings (SSSR count). The van der Waals surface area contributed by atoms with Gasteiger partial charge in [0.15, 0.2) is 0 Å². The van der Waals surface area contributed by atoms with Crippen LogP contribution in [0.2, 0.25) is 0 Å². The number of carboxylic acids is 2. The number of rotatable bonds is 3. The Hall–Kier alpha value is -1.67. The largest absolute Gasteiger partial charge is 2.00 e. The molecule has 2 atom stereocenters. The van der Waals surface area contributed by atoms with E-state index in [1.54, 1.807) is 6.20 Å². The first-order valence-corrected chi connectivity index (χ1v) is 5.51. The quantitative estimate of drug-likeness (QED) is 0.389. The van der Waals surface area contributed by atoms with E-state index in [1.165, 1.54) is 12.4 Å². The molecular weight excluding hydrogens is 309 g/mol. The first kappa shape index (κ1) is 18.3. The Kier molecular flexibility index (Phi) is 8.49. The zero-order chi connectivity index (χ0) is 14.3. The van der Waals surface area contributed by atoms with Crippen molar-refractivity contribution < 1.29 is 42.0 Å². The predicted octanol–water partition coefficient (Wildman–Crippen LogP) is -3.37. The fraction of sp³-hybridized carbons (Fsp3) is 0.364. The summed E-state index contributed by atoms with van der Waals surface area (Å²) in [5.41, 5.74) is 0.573. The number of imidazole rings is 1. The van der Waals surface area contributed by atoms with E-state index in [4.69, 9.17) is 5.11 Å². The molecule has 0 spiro atoms. The topological polar surface area (TPSA) is 141 Å². The van der Waals surface area contributed by atoms with Crippen LogP contribution in [0.4, 0.5) is 0 Å². The smallest absolute Gasteiger partial charge is 0.548 e. The third-order valence-corrected chi connectivity index (χ3v) is 2.35. The molecule has 0 aromatic carbocycles. The van der Waals surface area contributed by atoms with Gasteiger partial charge in [0.05, 0.1) is 36.1 Å². The summed E-state index contributed by atoms with van der Waals surface area (Å²) < 4.78 is 0. The van der Waals surface area contributed by atoms with Gasteiger partial charge in [-0.05, 0) is 25.1 Å². The fourth-order valence-electron chi connectivity index (χ4n) is 1.45. The molecule has 1 fully saturated rings. The zero-order valence-corrected chi connectivity index (χ0v) is 11.5.